The predicted molar refractivity (Wildman–Crippen MR) is 111 cm³/mol. The Morgan fingerprint density at radius 3 is 2.21 bits per heavy atom. The average molecular weight is 373 g/mol. The maximum atomic E-state index is 12.6. The van der Waals surface area contributed by atoms with E-state index >= 15 is 0 Å². The van der Waals surface area contributed by atoms with Crippen molar-refractivity contribution in [2.24, 2.45) is 5.92 Å². The van der Waals surface area contributed by atoms with Gasteiger partial charge in [0.15, 0.2) is 0 Å². The Labute approximate surface area is 165 Å². The number of ether oxygens (including phenoxy) is 1. The molecule has 1 unspecified atom stereocenters. The lowest BCUT2D eigenvalue weighted by Crippen LogP contribution is -2.19. The largest absolute Gasteiger partial charge is 0.422 e. The maximum Gasteiger partial charge on any atom is 0.343 e. The first-order chi connectivity index (χ1) is 13.6. The molecule has 0 saturated carbocycles. The number of anilines is 1. The molecule has 3 aromatic carbocycles. The minimum atomic E-state index is -0.441. The van der Waals surface area contributed by atoms with Gasteiger partial charge in [0.25, 0.3) is 0 Å². The van der Waals surface area contributed by atoms with E-state index in [-0.39, 0.29) is 11.8 Å². The minimum Gasteiger partial charge on any atom is -0.422 e. The maximum absolute atomic E-state index is 12.6. The molecular formula is C24H23NO3. The summed E-state index contributed by atoms with van der Waals surface area (Å²) in [7, 11) is 0. The van der Waals surface area contributed by atoms with Crippen LogP contribution < -0.4 is 10.1 Å². The summed E-state index contributed by atoms with van der Waals surface area (Å²) in [6, 6.07) is 24.0. The van der Waals surface area contributed by atoms with E-state index in [1.807, 2.05) is 62.4 Å². The molecule has 1 amide bonds. The first kappa shape index (κ1) is 19.4. The Hall–Kier alpha value is -3.40. The first-order valence-electron chi connectivity index (χ1n) is 9.36. The van der Waals surface area contributed by atoms with E-state index in [0.29, 0.717) is 17.0 Å². The smallest absolute Gasteiger partial charge is 0.343 e. The molecule has 3 rings (SSSR count). The van der Waals surface area contributed by atoms with E-state index in [9.17, 15) is 9.59 Å². The van der Waals surface area contributed by atoms with Gasteiger partial charge in [0.1, 0.15) is 5.75 Å². The Morgan fingerprint density at radius 1 is 0.893 bits per heavy atom. The van der Waals surface area contributed by atoms with Gasteiger partial charge < -0.3 is 10.1 Å². The van der Waals surface area contributed by atoms with Gasteiger partial charge in [0.2, 0.25) is 5.91 Å². The molecule has 4 nitrogen and oxygen atoms in total. The molecule has 142 valence electrons. The van der Waals surface area contributed by atoms with Crippen LogP contribution in [0, 0.1) is 5.92 Å². The lowest BCUT2D eigenvalue weighted by molar-refractivity contribution is -0.119. The molecule has 0 aliphatic rings. The van der Waals surface area contributed by atoms with Crippen LogP contribution in [-0.2, 0) is 4.79 Å². The van der Waals surface area contributed by atoms with Crippen molar-refractivity contribution >= 4 is 17.6 Å². The number of hydrogen-bond acceptors (Lipinski definition) is 3. The Balaban J connectivity index is 1.73. The van der Waals surface area contributed by atoms with E-state index < -0.39 is 5.97 Å². The van der Waals surface area contributed by atoms with E-state index in [2.05, 4.69) is 5.32 Å². The van der Waals surface area contributed by atoms with E-state index in [1.165, 1.54) is 0 Å². The lowest BCUT2D eigenvalue weighted by Gasteiger charge is -2.12. The highest BCUT2D eigenvalue weighted by Crippen LogP contribution is 2.30. The average Bonchev–Trinajstić information content (AvgIpc) is 2.74. The fourth-order valence-electron chi connectivity index (χ4n) is 2.71. The number of carbonyl (C=O) groups excluding carboxylic acids is 2. The van der Waals surface area contributed by atoms with Crippen LogP contribution in [0.25, 0.3) is 11.1 Å². The molecule has 1 atom stereocenters. The quantitative estimate of drug-likeness (QED) is 0.455. The van der Waals surface area contributed by atoms with Gasteiger partial charge in [-0.15, -0.1) is 0 Å². The van der Waals surface area contributed by atoms with Gasteiger partial charge in [0.05, 0.1) is 5.56 Å². The van der Waals surface area contributed by atoms with Crippen molar-refractivity contribution in [2.75, 3.05) is 5.32 Å². The summed E-state index contributed by atoms with van der Waals surface area (Å²) < 4.78 is 5.64. The third-order valence-corrected chi connectivity index (χ3v) is 4.62. The van der Waals surface area contributed by atoms with Gasteiger partial charge in [-0.25, -0.2) is 4.79 Å². The number of carbonyl (C=O) groups is 2. The highest BCUT2D eigenvalue weighted by Gasteiger charge is 2.14. The Kier molecular flexibility index (Phi) is 6.22. The van der Waals surface area contributed by atoms with Crippen LogP contribution in [0.3, 0.4) is 0 Å². The van der Waals surface area contributed by atoms with Crippen LogP contribution in [0.5, 0.6) is 5.75 Å². The zero-order chi connectivity index (χ0) is 19.9. The van der Waals surface area contributed by atoms with Crippen molar-refractivity contribution in [3.8, 4) is 16.9 Å². The number of rotatable bonds is 6. The molecule has 28 heavy (non-hydrogen) atoms. The molecule has 0 spiro atoms. The fraction of sp³-hybridized carbons (Fsp3) is 0.167. The number of hydrogen-bond donors (Lipinski definition) is 1. The number of benzene rings is 3. The molecule has 0 aliphatic carbocycles. The van der Waals surface area contributed by atoms with E-state index in [4.69, 9.17) is 4.74 Å². The second kappa shape index (κ2) is 9.00. The lowest BCUT2D eigenvalue weighted by atomic mass is 10.0. The highest BCUT2D eigenvalue weighted by atomic mass is 16.5. The molecule has 4 heteroatoms. The van der Waals surface area contributed by atoms with Gasteiger partial charge in [-0.3, -0.25) is 4.79 Å². The van der Waals surface area contributed by atoms with Crippen molar-refractivity contribution in [2.45, 2.75) is 20.3 Å². The van der Waals surface area contributed by atoms with Crippen LogP contribution in [0.1, 0.15) is 30.6 Å². The summed E-state index contributed by atoms with van der Waals surface area (Å²) in [5, 5.41) is 2.85. The minimum absolute atomic E-state index is 0.0328. The molecule has 0 fully saturated rings. The van der Waals surface area contributed by atoms with Crippen LogP contribution in [0.4, 0.5) is 5.69 Å². The molecule has 0 saturated heterocycles. The SMILES string of the molecule is CCC(C)C(=O)Nc1ccc(C(=O)Oc2ccccc2-c2ccccc2)cc1. The molecule has 1 N–H and O–H groups in total. The van der Waals surface area contributed by atoms with E-state index in [0.717, 1.165) is 17.5 Å². The third-order valence-electron chi connectivity index (χ3n) is 4.62. The van der Waals surface area contributed by atoms with Crippen molar-refractivity contribution < 1.29 is 14.3 Å². The number of para-hydroxylation sites is 1. The van der Waals surface area contributed by atoms with Gasteiger partial charge in [-0.05, 0) is 42.3 Å². The van der Waals surface area contributed by atoms with Gasteiger partial charge in [-0.2, -0.15) is 0 Å². The Bertz CT molecular complexity index is 949. The van der Waals surface area contributed by atoms with Crippen molar-refractivity contribution in [3.05, 3.63) is 84.4 Å². The second-order valence-corrected chi connectivity index (χ2v) is 6.63. The van der Waals surface area contributed by atoms with Crippen molar-refractivity contribution in [1.82, 2.24) is 0 Å². The van der Waals surface area contributed by atoms with Crippen molar-refractivity contribution in [3.63, 3.8) is 0 Å². The monoisotopic (exact) mass is 373 g/mol. The molecule has 0 bridgehead atoms. The number of nitrogens with one attached hydrogen (secondary N) is 1. The van der Waals surface area contributed by atoms with E-state index in [1.54, 1.807) is 30.3 Å². The predicted octanol–water partition coefficient (Wildman–Crippen LogP) is 5.56. The topological polar surface area (TPSA) is 55.4 Å². The second-order valence-electron chi connectivity index (χ2n) is 6.63. The first-order valence-corrected chi connectivity index (χ1v) is 9.36. The Morgan fingerprint density at radius 2 is 1.54 bits per heavy atom. The zero-order valence-corrected chi connectivity index (χ0v) is 16.0. The van der Waals surface area contributed by atoms with Crippen LogP contribution in [0.15, 0.2) is 78.9 Å². The van der Waals surface area contributed by atoms with Crippen LogP contribution >= 0.6 is 0 Å². The summed E-state index contributed by atoms with van der Waals surface area (Å²) in [5.74, 6) is -0.0234. The van der Waals surface area contributed by atoms with Gasteiger partial charge in [0, 0.05) is 17.2 Å². The molecular weight excluding hydrogens is 350 g/mol. The van der Waals surface area contributed by atoms with Gasteiger partial charge >= 0.3 is 5.97 Å². The summed E-state index contributed by atoms with van der Waals surface area (Å²) in [6.45, 7) is 3.85. The molecule has 3 aromatic rings. The standard InChI is InChI=1S/C24H23NO3/c1-3-17(2)23(26)25-20-15-13-19(14-16-20)24(27)28-22-12-8-7-11-21(22)18-9-5-4-6-10-18/h4-17H,3H2,1-2H3,(H,25,26). The van der Waals surface area contributed by atoms with Gasteiger partial charge in [-0.1, -0.05) is 62.4 Å². The van der Waals surface area contributed by atoms with Crippen molar-refractivity contribution in [1.29, 1.82) is 0 Å². The molecule has 0 aliphatic heterocycles. The third kappa shape index (κ3) is 4.65. The fourth-order valence-corrected chi connectivity index (χ4v) is 2.71. The normalized spacial score (nSPS) is 11.5. The highest BCUT2D eigenvalue weighted by molar-refractivity contribution is 5.95. The summed E-state index contributed by atoms with van der Waals surface area (Å²) in [6.07, 6.45) is 0.775. The molecule has 0 radical (unpaired) electrons. The summed E-state index contributed by atoms with van der Waals surface area (Å²) in [5.41, 5.74) is 2.92. The van der Waals surface area contributed by atoms with Crippen LogP contribution in [0.2, 0.25) is 0 Å². The summed E-state index contributed by atoms with van der Waals surface area (Å²) in [4.78, 5) is 24.5. The number of amides is 1. The molecule has 0 aromatic heterocycles. The molecule has 0 heterocycles. The van der Waals surface area contributed by atoms with Crippen LogP contribution in [-0.4, -0.2) is 11.9 Å². The summed E-state index contributed by atoms with van der Waals surface area (Å²) >= 11 is 0. The zero-order valence-electron chi connectivity index (χ0n) is 16.0. The number of esters is 1.